The summed E-state index contributed by atoms with van der Waals surface area (Å²) in [6.45, 7) is 0. The number of benzene rings is 2. The van der Waals surface area contributed by atoms with E-state index in [0.717, 1.165) is 6.07 Å². The summed E-state index contributed by atoms with van der Waals surface area (Å²) in [5.41, 5.74) is 0.260. The molecule has 0 bridgehead atoms. The van der Waals surface area contributed by atoms with Gasteiger partial charge in [0.05, 0.1) is 11.2 Å². The van der Waals surface area contributed by atoms with E-state index in [2.05, 4.69) is 4.98 Å². The zero-order valence-electron chi connectivity index (χ0n) is 10.2. The van der Waals surface area contributed by atoms with E-state index < -0.39 is 5.56 Å². The van der Waals surface area contributed by atoms with Crippen LogP contribution < -0.4 is 5.56 Å². The van der Waals surface area contributed by atoms with Crippen molar-refractivity contribution in [1.82, 2.24) is 9.55 Å². The molecule has 0 aliphatic heterocycles. The Morgan fingerprint density at radius 2 is 1.48 bits per heavy atom. The Morgan fingerprint density at radius 3 is 2.09 bits per heavy atom. The monoisotopic (exact) mass is 342 g/mol. The van der Waals surface area contributed by atoms with E-state index in [9.17, 15) is 20.1 Å². The van der Waals surface area contributed by atoms with Gasteiger partial charge in [-0.3, -0.25) is 9.36 Å². The van der Waals surface area contributed by atoms with Crippen LogP contribution in [0.15, 0.2) is 47.5 Å². The van der Waals surface area contributed by atoms with Crippen LogP contribution in [-0.4, -0.2) is 114 Å². The summed E-state index contributed by atoms with van der Waals surface area (Å²) in [5, 5.41) is 28.5. The normalized spacial score (nSPS) is 9.39. The number of rotatable bonds is 1. The number of phenolic OH excluding ortho intramolecular Hbond substituents is 3. The zero-order valence-corrected chi connectivity index (χ0v) is 10.2. The molecular formula is C14H13N2Na3O4. The topological polar surface area (TPSA) is 95.6 Å². The number of fused-ring (bicyclic) bond motifs is 1. The fourth-order valence-electron chi connectivity index (χ4n) is 2.01. The molecule has 0 spiro atoms. The van der Waals surface area contributed by atoms with Crippen molar-refractivity contribution in [1.29, 1.82) is 0 Å². The average Bonchev–Trinajstić information content (AvgIpc) is 2.39. The molecule has 9 heteroatoms. The van der Waals surface area contributed by atoms with Crippen LogP contribution in [0.25, 0.3) is 16.6 Å². The van der Waals surface area contributed by atoms with Crippen LogP contribution in [0.1, 0.15) is 0 Å². The molecule has 3 N–H and O–H groups in total. The van der Waals surface area contributed by atoms with E-state index in [-0.39, 0.29) is 117 Å². The molecule has 0 fully saturated rings. The molecule has 0 aliphatic rings. The van der Waals surface area contributed by atoms with Gasteiger partial charge in [0.15, 0.2) is 0 Å². The van der Waals surface area contributed by atoms with Crippen molar-refractivity contribution in [2.24, 2.45) is 0 Å². The molecule has 0 aliphatic carbocycles. The van der Waals surface area contributed by atoms with Crippen molar-refractivity contribution < 1.29 is 15.3 Å². The first-order chi connectivity index (χ1) is 9.56. The second kappa shape index (κ2) is 9.46. The average molecular weight is 342 g/mol. The molecular weight excluding hydrogens is 329 g/mol. The summed E-state index contributed by atoms with van der Waals surface area (Å²) in [5.74, 6) is -0.404. The molecule has 3 rings (SSSR count). The Balaban J connectivity index is 0.00000161. The molecule has 0 amide bonds. The number of aromatic hydroxyl groups is 3. The number of hydrogen-bond donors (Lipinski definition) is 3. The molecule has 0 unspecified atom stereocenters. The van der Waals surface area contributed by atoms with Crippen molar-refractivity contribution in [3.05, 3.63) is 53.1 Å². The summed E-state index contributed by atoms with van der Waals surface area (Å²) in [4.78, 5) is 16.4. The van der Waals surface area contributed by atoms with Crippen molar-refractivity contribution in [3.8, 4) is 22.9 Å². The molecule has 0 saturated heterocycles. The third-order valence-corrected chi connectivity index (χ3v) is 2.95. The van der Waals surface area contributed by atoms with Gasteiger partial charge >= 0.3 is 88.7 Å². The standard InChI is InChI=1S/C14H10N2O4.3Na.3H/c17-9-3-1-8(2-4-9)16-7-15-11-5-10(18)6-12(19)13(11)14(16)20;;;;;;/h1-7,17-19H;;;;;;. The summed E-state index contributed by atoms with van der Waals surface area (Å²) >= 11 is 0. The summed E-state index contributed by atoms with van der Waals surface area (Å²) in [6, 6.07) is 8.40. The van der Waals surface area contributed by atoms with Crippen LogP contribution in [0.4, 0.5) is 0 Å². The molecule has 6 nitrogen and oxygen atoms in total. The Kier molecular flexibility index (Phi) is 9.45. The van der Waals surface area contributed by atoms with Gasteiger partial charge in [0, 0.05) is 12.1 Å². The van der Waals surface area contributed by atoms with Crippen molar-refractivity contribution in [3.63, 3.8) is 0 Å². The number of aromatic nitrogens is 2. The Labute approximate surface area is 198 Å². The van der Waals surface area contributed by atoms with E-state index in [1.54, 1.807) is 12.1 Å². The molecule has 23 heavy (non-hydrogen) atoms. The molecule has 1 aromatic heterocycles. The molecule has 0 radical (unpaired) electrons. The van der Waals surface area contributed by atoms with E-state index in [1.165, 1.54) is 29.1 Å². The van der Waals surface area contributed by atoms with Gasteiger partial charge in [0.25, 0.3) is 5.56 Å². The first kappa shape index (κ1) is 23.0. The number of nitrogens with zero attached hydrogens (tertiary/aromatic N) is 2. The van der Waals surface area contributed by atoms with Crippen LogP contribution in [-0.2, 0) is 0 Å². The van der Waals surface area contributed by atoms with Crippen LogP contribution in [0, 0.1) is 0 Å². The van der Waals surface area contributed by atoms with Gasteiger partial charge in [-0.2, -0.15) is 0 Å². The molecule has 106 valence electrons. The van der Waals surface area contributed by atoms with Gasteiger partial charge in [0.1, 0.15) is 29.0 Å². The summed E-state index contributed by atoms with van der Waals surface area (Å²) in [6.07, 6.45) is 1.30. The third-order valence-electron chi connectivity index (χ3n) is 2.95. The van der Waals surface area contributed by atoms with Gasteiger partial charge in [-0.15, -0.1) is 0 Å². The zero-order chi connectivity index (χ0) is 14.3. The number of hydrogen-bond acceptors (Lipinski definition) is 5. The van der Waals surface area contributed by atoms with Gasteiger partial charge < -0.3 is 15.3 Å². The molecule has 1 heterocycles. The minimum atomic E-state index is -0.460. The summed E-state index contributed by atoms with van der Waals surface area (Å²) in [7, 11) is 0. The van der Waals surface area contributed by atoms with Crippen molar-refractivity contribution >= 4 is 99.6 Å². The Hall–Kier alpha value is -0.0200. The first-order valence-electron chi connectivity index (χ1n) is 5.79. The second-order valence-electron chi connectivity index (χ2n) is 4.30. The molecule has 2 aromatic carbocycles. The fourth-order valence-corrected chi connectivity index (χ4v) is 2.01. The van der Waals surface area contributed by atoms with Crippen LogP contribution in [0.3, 0.4) is 0 Å². The van der Waals surface area contributed by atoms with E-state index in [0.29, 0.717) is 5.69 Å². The first-order valence-corrected chi connectivity index (χ1v) is 5.79. The number of phenols is 3. The molecule has 0 saturated carbocycles. The Bertz CT molecular complexity index is 866. The predicted octanol–water partition coefficient (Wildman–Crippen LogP) is -0.443. The van der Waals surface area contributed by atoms with Crippen LogP contribution in [0.5, 0.6) is 17.2 Å². The maximum atomic E-state index is 12.4. The van der Waals surface area contributed by atoms with E-state index >= 15 is 0 Å². The van der Waals surface area contributed by atoms with Crippen molar-refractivity contribution in [2.45, 2.75) is 0 Å². The van der Waals surface area contributed by atoms with Gasteiger partial charge in [-0.1, -0.05) is 0 Å². The minimum absolute atomic E-state index is 0. The van der Waals surface area contributed by atoms with Crippen LogP contribution >= 0.6 is 0 Å². The van der Waals surface area contributed by atoms with Gasteiger partial charge in [-0.05, 0) is 24.3 Å². The molecule has 3 aromatic rings. The van der Waals surface area contributed by atoms with Gasteiger partial charge in [0.2, 0.25) is 0 Å². The quantitative estimate of drug-likeness (QED) is 0.521. The summed E-state index contributed by atoms with van der Waals surface area (Å²) < 4.78 is 1.25. The van der Waals surface area contributed by atoms with Crippen molar-refractivity contribution in [2.75, 3.05) is 0 Å². The second-order valence-corrected chi connectivity index (χ2v) is 4.30. The fraction of sp³-hybridized carbons (Fsp3) is 0. The maximum absolute atomic E-state index is 12.4. The Morgan fingerprint density at radius 1 is 0.870 bits per heavy atom. The molecule has 0 atom stereocenters. The SMILES string of the molecule is O=c1c2c(O)cc(O)cc2ncn1-c1ccc(O)cc1.[NaH].[NaH].[NaH]. The van der Waals surface area contributed by atoms with Gasteiger partial charge in [-0.25, -0.2) is 4.98 Å². The van der Waals surface area contributed by atoms with E-state index in [1.807, 2.05) is 0 Å². The van der Waals surface area contributed by atoms with Crippen LogP contribution in [0.2, 0.25) is 0 Å². The predicted molar refractivity (Wildman–Crippen MR) is 93.8 cm³/mol. The van der Waals surface area contributed by atoms with E-state index in [4.69, 9.17) is 0 Å². The third kappa shape index (κ3) is 4.75.